The molecule has 2 nitrogen and oxygen atoms in total. The Hall–Kier alpha value is 0.270. The highest BCUT2D eigenvalue weighted by Crippen LogP contribution is 1.98. The Labute approximate surface area is 74.4 Å². The molecule has 0 radical (unpaired) electrons. The van der Waals surface area contributed by atoms with E-state index in [9.17, 15) is 0 Å². The molecule has 0 spiro atoms. The van der Waals surface area contributed by atoms with Gasteiger partial charge in [0, 0.05) is 12.4 Å². The van der Waals surface area contributed by atoms with Crippen molar-refractivity contribution in [2.24, 2.45) is 0 Å². The summed E-state index contributed by atoms with van der Waals surface area (Å²) in [5, 5.41) is 8.71. The van der Waals surface area contributed by atoms with Crippen molar-refractivity contribution in [2.45, 2.75) is 32.3 Å². The van der Waals surface area contributed by atoms with Gasteiger partial charge in [-0.3, -0.25) is 0 Å². The van der Waals surface area contributed by atoms with Crippen LogP contribution in [-0.2, 0) is 4.74 Å². The largest absolute Gasteiger partial charge is 0.394 e. The van der Waals surface area contributed by atoms with Crippen molar-refractivity contribution >= 4 is 12.6 Å². The summed E-state index contributed by atoms with van der Waals surface area (Å²) in [6, 6.07) is 0. The van der Waals surface area contributed by atoms with Crippen LogP contribution in [-0.4, -0.2) is 30.2 Å². The number of ether oxygens (including phenoxy) is 1. The van der Waals surface area contributed by atoms with Gasteiger partial charge in [-0.2, -0.15) is 12.6 Å². The van der Waals surface area contributed by atoms with Crippen LogP contribution in [0.4, 0.5) is 0 Å². The summed E-state index contributed by atoms with van der Waals surface area (Å²) in [6.07, 6.45) is 3.41. The van der Waals surface area contributed by atoms with Crippen LogP contribution in [0, 0.1) is 0 Å². The highest BCUT2D eigenvalue weighted by molar-refractivity contribution is 7.80. The molecular weight excluding hydrogens is 160 g/mol. The zero-order valence-corrected chi connectivity index (χ0v) is 8.02. The lowest BCUT2D eigenvalue weighted by molar-refractivity contribution is 0.0264. The van der Waals surface area contributed by atoms with Crippen LogP contribution in [0.3, 0.4) is 0 Å². The molecule has 0 saturated heterocycles. The smallest absolute Gasteiger partial charge is 0.0893 e. The molecule has 0 rings (SSSR count). The molecule has 1 N–H and O–H groups in total. The fraction of sp³-hybridized carbons (Fsp3) is 1.00. The third-order valence-corrected chi connectivity index (χ3v) is 1.92. The van der Waals surface area contributed by atoms with Crippen LogP contribution < -0.4 is 0 Å². The Morgan fingerprint density at radius 2 is 2.18 bits per heavy atom. The monoisotopic (exact) mass is 178 g/mol. The molecule has 0 bridgehead atoms. The molecule has 0 aliphatic rings. The fourth-order valence-corrected chi connectivity index (χ4v) is 0.986. The maximum Gasteiger partial charge on any atom is 0.0893 e. The number of hydrogen-bond donors (Lipinski definition) is 2. The normalized spacial score (nSPS) is 13.4. The van der Waals surface area contributed by atoms with Crippen molar-refractivity contribution in [2.75, 3.05) is 19.0 Å². The average Bonchev–Trinajstić information content (AvgIpc) is 2.05. The summed E-state index contributed by atoms with van der Waals surface area (Å²) < 4.78 is 5.32. The second-order valence-electron chi connectivity index (χ2n) is 2.57. The molecular formula is C8H18O2S. The van der Waals surface area contributed by atoms with Crippen LogP contribution >= 0.6 is 12.6 Å². The first kappa shape index (κ1) is 11.3. The number of unbranched alkanes of at least 4 members (excludes halogenated alkanes) is 2. The highest BCUT2D eigenvalue weighted by Gasteiger charge is 2.02. The maximum absolute atomic E-state index is 8.71. The van der Waals surface area contributed by atoms with Gasteiger partial charge in [0.2, 0.25) is 0 Å². The summed E-state index contributed by atoms with van der Waals surface area (Å²) in [4.78, 5) is 0. The molecule has 0 heterocycles. The minimum atomic E-state index is -0.0739. The lowest BCUT2D eigenvalue weighted by Crippen LogP contribution is -2.19. The van der Waals surface area contributed by atoms with Gasteiger partial charge in [0.15, 0.2) is 0 Å². The average molecular weight is 178 g/mol. The molecule has 0 aliphatic carbocycles. The van der Waals surface area contributed by atoms with E-state index < -0.39 is 0 Å². The third-order valence-electron chi connectivity index (χ3n) is 1.51. The Balaban J connectivity index is 3.07. The van der Waals surface area contributed by atoms with Gasteiger partial charge in [0.25, 0.3) is 0 Å². The van der Waals surface area contributed by atoms with Crippen molar-refractivity contribution in [3.8, 4) is 0 Å². The summed E-state index contributed by atoms with van der Waals surface area (Å²) in [5.74, 6) is 0.600. The van der Waals surface area contributed by atoms with Gasteiger partial charge in [-0.1, -0.05) is 19.8 Å². The van der Waals surface area contributed by atoms with E-state index in [4.69, 9.17) is 9.84 Å². The van der Waals surface area contributed by atoms with Crippen LogP contribution in [0.2, 0.25) is 0 Å². The van der Waals surface area contributed by atoms with Crippen LogP contribution in [0.1, 0.15) is 26.2 Å². The predicted molar refractivity (Wildman–Crippen MR) is 50.2 cm³/mol. The second-order valence-corrected chi connectivity index (χ2v) is 2.93. The van der Waals surface area contributed by atoms with E-state index in [0.717, 1.165) is 13.0 Å². The van der Waals surface area contributed by atoms with E-state index in [0.29, 0.717) is 5.75 Å². The maximum atomic E-state index is 8.71. The van der Waals surface area contributed by atoms with Crippen molar-refractivity contribution in [3.05, 3.63) is 0 Å². The molecule has 0 amide bonds. The van der Waals surface area contributed by atoms with E-state index in [2.05, 4.69) is 19.6 Å². The van der Waals surface area contributed by atoms with Crippen molar-refractivity contribution in [3.63, 3.8) is 0 Å². The van der Waals surface area contributed by atoms with E-state index in [1.165, 1.54) is 12.8 Å². The predicted octanol–water partition coefficient (Wildman–Crippen LogP) is 1.48. The topological polar surface area (TPSA) is 29.5 Å². The van der Waals surface area contributed by atoms with Crippen LogP contribution in [0.15, 0.2) is 0 Å². The zero-order chi connectivity index (χ0) is 8.53. The zero-order valence-electron chi connectivity index (χ0n) is 7.12. The Morgan fingerprint density at radius 3 is 2.64 bits per heavy atom. The van der Waals surface area contributed by atoms with Gasteiger partial charge in [-0.25, -0.2) is 0 Å². The lowest BCUT2D eigenvalue weighted by Gasteiger charge is -2.11. The molecule has 68 valence electrons. The summed E-state index contributed by atoms with van der Waals surface area (Å²) in [6.45, 7) is 2.98. The Bertz CT molecular complexity index is 74.5. The van der Waals surface area contributed by atoms with Crippen molar-refractivity contribution in [1.29, 1.82) is 0 Å². The Kier molecular flexibility index (Phi) is 8.57. The van der Waals surface area contributed by atoms with Gasteiger partial charge in [-0.05, 0) is 6.42 Å². The minimum Gasteiger partial charge on any atom is -0.394 e. The summed E-state index contributed by atoms with van der Waals surface area (Å²) in [5.41, 5.74) is 0. The molecule has 1 unspecified atom stereocenters. The van der Waals surface area contributed by atoms with E-state index in [1.807, 2.05) is 0 Å². The molecule has 0 fully saturated rings. The summed E-state index contributed by atoms with van der Waals surface area (Å²) in [7, 11) is 0. The number of aliphatic hydroxyl groups is 1. The number of hydrogen-bond acceptors (Lipinski definition) is 3. The number of thiol groups is 1. The highest BCUT2D eigenvalue weighted by atomic mass is 32.1. The lowest BCUT2D eigenvalue weighted by atomic mass is 10.3. The van der Waals surface area contributed by atoms with Gasteiger partial charge in [-0.15, -0.1) is 0 Å². The molecule has 0 aromatic rings. The summed E-state index contributed by atoms with van der Waals surface area (Å²) >= 11 is 4.04. The molecule has 11 heavy (non-hydrogen) atoms. The molecule has 0 aliphatic heterocycles. The van der Waals surface area contributed by atoms with E-state index in [1.54, 1.807) is 0 Å². The quantitative estimate of drug-likeness (QED) is 0.457. The minimum absolute atomic E-state index is 0.0739. The molecule has 0 saturated carbocycles. The van der Waals surface area contributed by atoms with E-state index >= 15 is 0 Å². The first-order valence-electron chi connectivity index (χ1n) is 4.18. The van der Waals surface area contributed by atoms with Crippen molar-refractivity contribution in [1.82, 2.24) is 0 Å². The molecule has 0 aromatic heterocycles. The van der Waals surface area contributed by atoms with Gasteiger partial charge in [0.1, 0.15) is 0 Å². The molecule has 3 heteroatoms. The molecule has 0 aromatic carbocycles. The Morgan fingerprint density at radius 1 is 1.45 bits per heavy atom. The van der Waals surface area contributed by atoms with Gasteiger partial charge in [0.05, 0.1) is 12.7 Å². The van der Waals surface area contributed by atoms with E-state index in [-0.39, 0.29) is 12.7 Å². The van der Waals surface area contributed by atoms with Crippen LogP contribution in [0.25, 0.3) is 0 Å². The van der Waals surface area contributed by atoms with Gasteiger partial charge >= 0.3 is 0 Å². The number of aliphatic hydroxyl groups excluding tert-OH is 1. The first-order valence-corrected chi connectivity index (χ1v) is 4.81. The van der Waals surface area contributed by atoms with Crippen LogP contribution in [0.5, 0.6) is 0 Å². The first-order chi connectivity index (χ1) is 5.35. The third kappa shape index (κ3) is 6.66. The van der Waals surface area contributed by atoms with Gasteiger partial charge < -0.3 is 9.84 Å². The molecule has 1 atom stereocenters. The standard InChI is InChI=1S/C8H18O2S/c1-2-3-4-5-10-8(6-9)7-11/h8-9,11H,2-7H2,1H3. The second kappa shape index (κ2) is 8.37. The number of rotatable bonds is 7. The SMILES string of the molecule is CCCCCOC(CO)CS. The fourth-order valence-electron chi connectivity index (χ4n) is 0.765. The van der Waals surface area contributed by atoms with Crippen molar-refractivity contribution < 1.29 is 9.84 Å².